The number of nitrogens with zero attached hydrogens (tertiary/aromatic N) is 1. The molecule has 0 aromatic rings. The number of piperidine rings is 1. The minimum Gasteiger partial charge on any atom is -0.464 e. The largest absolute Gasteiger partial charge is 0.464 e. The van der Waals surface area contributed by atoms with Gasteiger partial charge in [0.15, 0.2) is 0 Å². The molecule has 0 aromatic heterocycles. The highest BCUT2D eigenvalue weighted by Crippen LogP contribution is 2.21. The Balaban J connectivity index is 2.66. The smallest absolute Gasteiger partial charge is 0.411 e. The van der Waals surface area contributed by atoms with Gasteiger partial charge in [-0.25, -0.2) is 9.59 Å². The van der Waals surface area contributed by atoms with Gasteiger partial charge in [-0.1, -0.05) is 13.8 Å². The highest BCUT2D eigenvalue weighted by atomic mass is 16.6. The topological polar surface area (TPSA) is 55.8 Å². The second-order valence-corrected chi connectivity index (χ2v) is 6.71. The van der Waals surface area contributed by atoms with Crippen LogP contribution in [0.4, 0.5) is 4.79 Å². The first-order chi connectivity index (χ1) is 9.20. The highest BCUT2D eigenvalue weighted by molar-refractivity contribution is 5.81. The van der Waals surface area contributed by atoms with Gasteiger partial charge in [0.2, 0.25) is 0 Å². The summed E-state index contributed by atoms with van der Waals surface area (Å²) in [5, 5.41) is 0. The molecule has 1 fully saturated rings. The first-order valence-corrected chi connectivity index (χ1v) is 7.37. The number of ether oxygens (including phenoxy) is 2. The summed E-state index contributed by atoms with van der Waals surface area (Å²) in [5.41, 5.74) is -0.555. The van der Waals surface area contributed by atoms with Gasteiger partial charge in [0, 0.05) is 6.54 Å². The van der Waals surface area contributed by atoms with Crippen LogP contribution in [0.25, 0.3) is 0 Å². The van der Waals surface area contributed by atoms with E-state index in [1.54, 1.807) is 0 Å². The van der Waals surface area contributed by atoms with E-state index in [9.17, 15) is 9.59 Å². The average Bonchev–Trinajstić information content (AvgIpc) is 2.33. The minimum absolute atomic E-state index is 0.289. The zero-order valence-corrected chi connectivity index (χ0v) is 13.3. The molecular weight excluding hydrogens is 258 g/mol. The van der Waals surface area contributed by atoms with E-state index in [1.807, 2.05) is 34.6 Å². The number of likely N-dealkylation sites (tertiary alicyclic amines) is 1. The Kier molecular flexibility index (Phi) is 5.84. The van der Waals surface area contributed by atoms with Crippen molar-refractivity contribution >= 4 is 12.1 Å². The van der Waals surface area contributed by atoms with Crippen LogP contribution in [0.15, 0.2) is 0 Å². The molecule has 0 N–H and O–H groups in total. The summed E-state index contributed by atoms with van der Waals surface area (Å²) < 4.78 is 10.6. The van der Waals surface area contributed by atoms with Gasteiger partial charge in [0.25, 0.3) is 0 Å². The van der Waals surface area contributed by atoms with Crippen LogP contribution in [0.1, 0.15) is 53.9 Å². The predicted octanol–water partition coefficient (Wildman–Crippen LogP) is 2.98. The van der Waals surface area contributed by atoms with Crippen molar-refractivity contribution in [1.29, 1.82) is 0 Å². The van der Waals surface area contributed by atoms with Gasteiger partial charge in [0.1, 0.15) is 11.6 Å². The molecule has 0 saturated carbocycles. The molecule has 0 radical (unpaired) electrons. The van der Waals surface area contributed by atoms with E-state index >= 15 is 0 Å². The van der Waals surface area contributed by atoms with E-state index < -0.39 is 17.7 Å². The second-order valence-electron chi connectivity index (χ2n) is 6.71. The maximum absolute atomic E-state index is 12.2. The van der Waals surface area contributed by atoms with E-state index in [0.717, 1.165) is 12.8 Å². The van der Waals surface area contributed by atoms with Crippen molar-refractivity contribution in [3.05, 3.63) is 0 Å². The SMILES string of the molecule is CC(C)COC(=O)[C@@H]1CCCCN1C(=O)OC(C)(C)C. The number of carbonyl (C=O) groups is 2. The Hall–Kier alpha value is -1.26. The summed E-state index contributed by atoms with van der Waals surface area (Å²) >= 11 is 0. The number of rotatable bonds is 3. The van der Waals surface area contributed by atoms with Crippen LogP contribution < -0.4 is 0 Å². The molecule has 1 aliphatic heterocycles. The van der Waals surface area contributed by atoms with Crippen molar-refractivity contribution in [1.82, 2.24) is 4.90 Å². The standard InChI is InChI=1S/C15H27NO4/c1-11(2)10-19-13(17)12-8-6-7-9-16(12)14(18)20-15(3,4)5/h11-12H,6-10H2,1-5H3/t12-/m0/s1. The van der Waals surface area contributed by atoms with Crippen LogP contribution in [-0.4, -0.2) is 41.8 Å². The van der Waals surface area contributed by atoms with Gasteiger partial charge < -0.3 is 9.47 Å². The first-order valence-electron chi connectivity index (χ1n) is 7.37. The van der Waals surface area contributed by atoms with E-state index in [2.05, 4.69) is 0 Å². The van der Waals surface area contributed by atoms with Crippen molar-refractivity contribution < 1.29 is 19.1 Å². The molecule has 20 heavy (non-hydrogen) atoms. The van der Waals surface area contributed by atoms with Gasteiger partial charge in [-0.2, -0.15) is 0 Å². The summed E-state index contributed by atoms with van der Waals surface area (Å²) in [7, 11) is 0. The van der Waals surface area contributed by atoms with Crippen LogP contribution in [0.5, 0.6) is 0 Å². The lowest BCUT2D eigenvalue weighted by atomic mass is 10.0. The molecule has 1 atom stereocenters. The van der Waals surface area contributed by atoms with Crippen LogP contribution in [-0.2, 0) is 14.3 Å². The Bertz CT molecular complexity index is 346. The molecule has 1 heterocycles. The third-order valence-electron chi connectivity index (χ3n) is 2.96. The van der Waals surface area contributed by atoms with Gasteiger partial charge in [-0.05, 0) is 46.0 Å². The first kappa shape index (κ1) is 16.8. The summed E-state index contributed by atoms with van der Waals surface area (Å²) in [4.78, 5) is 25.8. The van der Waals surface area contributed by atoms with E-state index in [1.165, 1.54) is 4.90 Å². The fourth-order valence-electron chi connectivity index (χ4n) is 2.06. The lowest BCUT2D eigenvalue weighted by molar-refractivity contribution is -0.152. The minimum atomic E-state index is -0.555. The molecule has 116 valence electrons. The summed E-state index contributed by atoms with van der Waals surface area (Å²) in [6.45, 7) is 10.4. The van der Waals surface area contributed by atoms with Gasteiger partial charge in [-0.15, -0.1) is 0 Å². The number of hydrogen-bond acceptors (Lipinski definition) is 4. The molecule has 1 aliphatic rings. The quantitative estimate of drug-likeness (QED) is 0.748. The highest BCUT2D eigenvalue weighted by Gasteiger charge is 2.35. The van der Waals surface area contributed by atoms with Crippen molar-refractivity contribution in [2.75, 3.05) is 13.2 Å². The molecular formula is C15H27NO4. The van der Waals surface area contributed by atoms with Crippen molar-refractivity contribution in [3.8, 4) is 0 Å². The summed E-state index contributed by atoms with van der Waals surface area (Å²) in [6, 6.07) is -0.502. The second kappa shape index (κ2) is 6.95. The number of esters is 1. The van der Waals surface area contributed by atoms with Crippen molar-refractivity contribution in [3.63, 3.8) is 0 Å². The third-order valence-corrected chi connectivity index (χ3v) is 2.96. The fraction of sp³-hybridized carbons (Fsp3) is 0.867. The molecule has 0 spiro atoms. The fourth-order valence-corrected chi connectivity index (χ4v) is 2.06. The van der Waals surface area contributed by atoms with Crippen LogP contribution in [0.3, 0.4) is 0 Å². The lowest BCUT2D eigenvalue weighted by Crippen LogP contribution is -2.50. The number of carbonyl (C=O) groups excluding carboxylic acids is 2. The Morgan fingerprint density at radius 2 is 1.90 bits per heavy atom. The Labute approximate surface area is 121 Å². The molecule has 0 aromatic carbocycles. The lowest BCUT2D eigenvalue weighted by Gasteiger charge is -2.35. The molecule has 1 amide bonds. The zero-order valence-electron chi connectivity index (χ0n) is 13.3. The number of hydrogen-bond donors (Lipinski definition) is 0. The molecule has 0 aliphatic carbocycles. The molecule has 0 unspecified atom stereocenters. The van der Waals surface area contributed by atoms with Crippen molar-refractivity contribution in [2.24, 2.45) is 5.92 Å². The van der Waals surface area contributed by atoms with Gasteiger partial charge in [0.05, 0.1) is 6.61 Å². The monoisotopic (exact) mass is 285 g/mol. The molecule has 1 rings (SSSR count). The van der Waals surface area contributed by atoms with Gasteiger partial charge in [-0.3, -0.25) is 4.90 Å². The summed E-state index contributed by atoms with van der Waals surface area (Å²) in [6.07, 6.45) is 2.05. The van der Waals surface area contributed by atoms with E-state index in [0.29, 0.717) is 19.6 Å². The third kappa shape index (κ3) is 5.39. The Morgan fingerprint density at radius 1 is 1.25 bits per heavy atom. The molecule has 1 saturated heterocycles. The van der Waals surface area contributed by atoms with Crippen molar-refractivity contribution in [2.45, 2.75) is 65.5 Å². The summed E-state index contributed by atoms with van der Waals surface area (Å²) in [5.74, 6) is -0.0261. The number of amides is 1. The maximum Gasteiger partial charge on any atom is 0.411 e. The molecule has 5 nitrogen and oxygen atoms in total. The average molecular weight is 285 g/mol. The van der Waals surface area contributed by atoms with Crippen LogP contribution >= 0.6 is 0 Å². The predicted molar refractivity (Wildman–Crippen MR) is 76.4 cm³/mol. The van der Waals surface area contributed by atoms with Gasteiger partial charge >= 0.3 is 12.1 Å². The van der Waals surface area contributed by atoms with Crippen LogP contribution in [0, 0.1) is 5.92 Å². The zero-order chi connectivity index (χ0) is 15.3. The van der Waals surface area contributed by atoms with Crippen LogP contribution in [0.2, 0.25) is 0 Å². The molecule has 5 heteroatoms. The maximum atomic E-state index is 12.2. The molecule has 0 bridgehead atoms. The Morgan fingerprint density at radius 3 is 2.45 bits per heavy atom. The normalized spacial score (nSPS) is 19.9. The van der Waals surface area contributed by atoms with E-state index in [-0.39, 0.29) is 11.9 Å². The van der Waals surface area contributed by atoms with E-state index in [4.69, 9.17) is 9.47 Å².